The molecule has 0 aliphatic rings. The van der Waals surface area contributed by atoms with Gasteiger partial charge in [0.15, 0.2) is 0 Å². The average Bonchev–Trinajstić information content (AvgIpc) is 1.36. The Morgan fingerprint density at radius 2 is 1.71 bits per heavy atom. The van der Waals surface area contributed by atoms with Crippen LogP contribution in [0, 0.1) is 0 Å². The monoisotopic (exact) mass is 253 g/mol. The summed E-state index contributed by atoms with van der Waals surface area (Å²) in [5, 5.41) is 0. The van der Waals surface area contributed by atoms with E-state index < -0.39 is 0 Å². The fourth-order valence-corrected chi connectivity index (χ4v) is 0. The van der Waals surface area contributed by atoms with Gasteiger partial charge in [-0.15, -0.1) is 0 Å². The molecule has 0 aliphatic heterocycles. The second-order valence-electron chi connectivity index (χ2n) is 1.16. The topological polar surface area (TPSA) is 3.24 Å². The largest absolute Gasteiger partial charge is 1.00 e. The first kappa shape index (κ1) is 11.9. The van der Waals surface area contributed by atoms with Crippen molar-refractivity contribution in [1.29, 1.82) is 0 Å². The summed E-state index contributed by atoms with van der Waals surface area (Å²) in [4.78, 5) is 1.71. The SMILES string of the molecule is CN(C)C(=S)[S-].[Cs+]. The van der Waals surface area contributed by atoms with Gasteiger partial charge in [0.2, 0.25) is 0 Å². The molecule has 0 radical (unpaired) electrons. The number of rotatable bonds is 0. The number of hydrogen-bond donors (Lipinski definition) is 0. The molecule has 0 aromatic rings. The molecule has 0 aromatic carbocycles. The van der Waals surface area contributed by atoms with Crippen molar-refractivity contribution in [2.24, 2.45) is 0 Å². The molecular formula is C3H6CsNS2. The van der Waals surface area contributed by atoms with Gasteiger partial charge < -0.3 is 29.7 Å². The maximum absolute atomic E-state index is 4.56. The van der Waals surface area contributed by atoms with Gasteiger partial charge >= 0.3 is 68.9 Å². The molecule has 0 heterocycles. The third kappa shape index (κ3) is 8.16. The van der Waals surface area contributed by atoms with Crippen LogP contribution in [-0.2, 0) is 12.6 Å². The van der Waals surface area contributed by atoms with Gasteiger partial charge in [0.1, 0.15) is 0 Å². The maximum Gasteiger partial charge on any atom is 1.00 e. The second kappa shape index (κ2) is 6.28. The summed E-state index contributed by atoms with van der Waals surface area (Å²) in [6.07, 6.45) is 0. The van der Waals surface area contributed by atoms with Gasteiger partial charge in [-0.2, -0.15) is 0 Å². The van der Waals surface area contributed by atoms with E-state index in [4.69, 9.17) is 0 Å². The quantitative estimate of drug-likeness (QED) is 0.344. The minimum Gasteiger partial charge on any atom is -0.411 e. The molecule has 1 nitrogen and oxygen atoms in total. The molecule has 0 bridgehead atoms. The molecule has 0 N–H and O–H groups in total. The van der Waals surface area contributed by atoms with E-state index in [0.717, 1.165) is 0 Å². The Balaban J connectivity index is 0. The summed E-state index contributed by atoms with van der Waals surface area (Å²) in [7, 11) is 3.66. The van der Waals surface area contributed by atoms with Crippen LogP contribution in [0.4, 0.5) is 0 Å². The molecule has 7 heavy (non-hydrogen) atoms. The fourth-order valence-electron chi connectivity index (χ4n) is 0. The molecule has 0 rings (SSSR count). The van der Waals surface area contributed by atoms with Crippen LogP contribution in [-0.4, -0.2) is 23.3 Å². The van der Waals surface area contributed by atoms with Crippen LogP contribution in [0.3, 0.4) is 0 Å². The van der Waals surface area contributed by atoms with Crippen LogP contribution in [0.5, 0.6) is 0 Å². The Morgan fingerprint density at radius 1 is 1.57 bits per heavy atom. The van der Waals surface area contributed by atoms with Crippen molar-refractivity contribution < 1.29 is 68.9 Å². The van der Waals surface area contributed by atoms with Gasteiger partial charge in [-0.25, -0.2) is 0 Å². The van der Waals surface area contributed by atoms with E-state index in [1.165, 1.54) is 0 Å². The Morgan fingerprint density at radius 3 is 1.71 bits per heavy atom. The molecule has 4 heteroatoms. The molecule has 0 amide bonds. The Hall–Kier alpha value is 2.16. The molecule has 0 aromatic heterocycles. The van der Waals surface area contributed by atoms with Crippen LogP contribution >= 0.6 is 12.2 Å². The van der Waals surface area contributed by atoms with Crippen molar-refractivity contribution in [3.63, 3.8) is 0 Å². The van der Waals surface area contributed by atoms with Crippen LogP contribution in [0.15, 0.2) is 0 Å². The smallest absolute Gasteiger partial charge is 0.411 e. The van der Waals surface area contributed by atoms with Crippen LogP contribution in [0.25, 0.3) is 0 Å². The maximum atomic E-state index is 4.56. The van der Waals surface area contributed by atoms with E-state index in [-0.39, 0.29) is 68.9 Å². The zero-order chi connectivity index (χ0) is 5.15. The zero-order valence-electron chi connectivity index (χ0n) is 4.76. The van der Waals surface area contributed by atoms with Crippen molar-refractivity contribution in [1.82, 2.24) is 4.90 Å². The van der Waals surface area contributed by atoms with Crippen LogP contribution in [0.2, 0.25) is 0 Å². The second-order valence-corrected chi connectivity index (χ2v) is 2.19. The minimum atomic E-state index is 0. The molecule has 0 saturated heterocycles. The normalized spacial score (nSPS) is 6.57. The summed E-state index contributed by atoms with van der Waals surface area (Å²) in [5.74, 6) is 0. The molecule has 0 fully saturated rings. The molecule has 0 spiro atoms. The van der Waals surface area contributed by atoms with Gasteiger partial charge in [0.05, 0.1) is 0 Å². The summed E-state index contributed by atoms with van der Waals surface area (Å²) in [6, 6.07) is 0. The molecule has 0 aliphatic carbocycles. The minimum absolute atomic E-state index is 0. The average molecular weight is 253 g/mol. The fraction of sp³-hybridized carbons (Fsp3) is 0.667. The first-order valence-electron chi connectivity index (χ1n) is 1.53. The Bertz CT molecular complexity index is 64.0. The molecule has 0 saturated carbocycles. The predicted octanol–water partition coefficient (Wildman–Crippen LogP) is -2.62. The Labute approximate surface area is 114 Å². The molecular weight excluding hydrogens is 247 g/mol. The van der Waals surface area contributed by atoms with E-state index in [0.29, 0.717) is 4.32 Å². The molecule has 0 unspecified atom stereocenters. The van der Waals surface area contributed by atoms with Gasteiger partial charge in [0, 0.05) is 14.1 Å². The third-order valence-corrected chi connectivity index (χ3v) is 1.10. The van der Waals surface area contributed by atoms with E-state index in [1.807, 2.05) is 14.1 Å². The van der Waals surface area contributed by atoms with E-state index in [2.05, 4.69) is 24.8 Å². The predicted molar refractivity (Wildman–Crippen MR) is 33.6 cm³/mol. The van der Waals surface area contributed by atoms with Gasteiger partial charge in [0.25, 0.3) is 0 Å². The van der Waals surface area contributed by atoms with E-state index >= 15 is 0 Å². The van der Waals surface area contributed by atoms with Crippen molar-refractivity contribution >= 4 is 29.2 Å². The summed E-state index contributed by atoms with van der Waals surface area (Å²) in [5.41, 5.74) is 0. The van der Waals surface area contributed by atoms with Crippen molar-refractivity contribution in [2.45, 2.75) is 0 Å². The van der Waals surface area contributed by atoms with Crippen molar-refractivity contribution in [2.75, 3.05) is 14.1 Å². The molecule has 0 atom stereocenters. The number of thiocarbonyl (C=S) groups is 1. The summed E-state index contributed by atoms with van der Waals surface area (Å²) >= 11 is 9.12. The Kier molecular flexibility index (Phi) is 10.7. The van der Waals surface area contributed by atoms with E-state index in [1.54, 1.807) is 4.90 Å². The van der Waals surface area contributed by atoms with E-state index in [9.17, 15) is 0 Å². The number of hydrogen-bond acceptors (Lipinski definition) is 2. The summed E-state index contributed by atoms with van der Waals surface area (Å²) < 4.78 is 0.509. The zero-order valence-corrected chi connectivity index (χ0v) is 12.7. The van der Waals surface area contributed by atoms with Crippen LogP contribution < -0.4 is 68.9 Å². The first-order chi connectivity index (χ1) is 2.64. The van der Waals surface area contributed by atoms with Gasteiger partial charge in [-0.3, -0.25) is 0 Å². The van der Waals surface area contributed by atoms with Crippen molar-refractivity contribution in [3.8, 4) is 0 Å². The van der Waals surface area contributed by atoms with Gasteiger partial charge in [-0.1, -0.05) is 4.32 Å². The van der Waals surface area contributed by atoms with Crippen LogP contribution in [0.1, 0.15) is 0 Å². The summed E-state index contributed by atoms with van der Waals surface area (Å²) in [6.45, 7) is 0. The van der Waals surface area contributed by atoms with Crippen molar-refractivity contribution in [3.05, 3.63) is 0 Å². The standard InChI is InChI=1S/C3H7NS2.Cs/c1-4(2)3(5)6;/h1-2H3,(H,5,6);/q;+1/p-1. The third-order valence-electron chi connectivity index (χ3n) is 0.365. The molecule has 36 valence electrons. The number of nitrogens with zero attached hydrogens (tertiary/aromatic N) is 1. The first-order valence-corrected chi connectivity index (χ1v) is 2.34. The van der Waals surface area contributed by atoms with Gasteiger partial charge in [-0.05, 0) is 0 Å².